The van der Waals surface area contributed by atoms with Crippen LogP contribution in [0.4, 0.5) is 5.82 Å². The smallest absolute Gasteiger partial charge is 0.231 e. The van der Waals surface area contributed by atoms with Gasteiger partial charge >= 0.3 is 0 Å². The van der Waals surface area contributed by atoms with Crippen LogP contribution in [0.1, 0.15) is 32.6 Å². The van der Waals surface area contributed by atoms with E-state index in [1.807, 2.05) is 0 Å². The van der Waals surface area contributed by atoms with E-state index in [1.165, 1.54) is 6.33 Å². The Morgan fingerprint density at radius 3 is 2.75 bits per heavy atom. The molecular formula is C13H18Cl2N4O. The van der Waals surface area contributed by atoms with Crippen LogP contribution in [0.5, 0.6) is 0 Å². The predicted octanol–water partition coefficient (Wildman–Crippen LogP) is 2.89. The first-order valence-corrected chi connectivity index (χ1v) is 7.53. The molecule has 1 saturated heterocycles. The first-order chi connectivity index (χ1) is 9.59. The van der Waals surface area contributed by atoms with Crippen LogP contribution in [0.25, 0.3) is 0 Å². The zero-order chi connectivity index (χ0) is 14.6. The second-order valence-electron chi connectivity index (χ2n) is 5.06. The van der Waals surface area contributed by atoms with Gasteiger partial charge in [0.1, 0.15) is 11.3 Å². The fourth-order valence-electron chi connectivity index (χ4n) is 2.65. The van der Waals surface area contributed by atoms with E-state index in [9.17, 15) is 4.79 Å². The minimum atomic E-state index is -0.346. The minimum absolute atomic E-state index is 0.0301. The fraction of sp³-hybridized carbons (Fsp3) is 0.615. The molecule has 110 valence electrons. The zero-order valence-electron chi connectivity index (χ0n) is 11.4. The third kappa shape index (κ3) is 3.22. The van der Waals surface area contributed by atoms with Gasteiger partial charge in [-0.1, -0.05) is 36.5 Å². The molecule has 1 aliphatic heterocycles. The van der Waals surface area contributed by atoms with Crippen molar-refractivity contribution in [2.24, 2.45) is 5.41 Å². The van der Waals surface area contributed by atoms with E-state index in [2.05, 4.69) is 27.5 Å². The van der Waals surface area contributed by atoms with Crippen LogP contribution in [0, 0.1) is 5.41 Å². The molecule has 1 aromatic rings. The van der Waals surface area contributed by atoms with Crippen molar-refractivity contribution >= 4 is 34.9 Å². The normalized spacial score (nSPS) is 17.8. The molecule has 2 rings (SSSR count). The summed E-state index contributed by atoms with van der Waals surface area (Å²) in [7, 11) is 0. The number of piperidine rings is 1. The number of carbonyl (C=O) groups is 1. The third-order valence-corrected chi connectivity index (χ3v) is 4.49. The number of halogens is 2. The maximum Gasteiger partial charge on any atom is 0.231 e. The molecule has 0 unspecified atom stereocenters. The molecule has 2 N–H and O–H groups in total. The third-order valence-electron chi connectivity index (χ3n) is 3.75. The van der Waals surface area contributed by atoms with Crippen molar-refractivity contribution in [3.8, 4) is 0 Å². The molecule has 0 aliphatic carbocycles. The van der Waals surface area contributed by atoms with Gasteiger partial charge < -0.3 is 10.6 Å². The molecule has 0 bridgehead atoms. The first-order valence-electron chi connectivity index (χ1n) is 6.77. The van der Waals surface area contributed by atoms with Crippen molar-refractivity contribution in [1.29, 1.82) is 0 Å². The lowest BCUT2D eigenvalue weighted by atomic mass is 9.74. The number of anilines is 1. The Labute approximate surface area is 128 Å². The summed E-state index contributed by atoms with van der Waals surface area (Å²) in [4.78, 5) is 20.4. The van der Waals surface area contributed by atoms with Crippen LogP contribution in [-0.4, -0.2) is 29.0 Å². The lowest BCUT2D eigenvalue weighted by Gasteiger charge is -2.36. The minimum Gasteiger partial charge on any atom is -0.317 e. The fourth-order valence-corrected chi connectivity index (χ4v) is 2.93. The van der Waals surface area contributed by atoms with Crippen LogP contribution < -0.4 is 10.6 Å². The van der Waals surface area contributed by atoms with Gasteiger partial charge in [-0.2, -0.15) is 0 Å². The van der Waals surface area contributed by atoms with Crippen LogP contribution >= 0.6 is 23.2 Å². The highest BCUT2D eigenvalue weighted by Gasteiger charge is 2.39. The van der Waals surface area contributed by atoms with E-state index in [0.717, 1.165) is 38.8 Å². The molecule has 2 heterocycles. The number of rotatable bonds is 4. The summed E-state index contributed by atoms with van der Waals surface area (Å²) in [6.45, 7) is 3.79. The van der Waals surface area contributed by atoms with Gasteiger partial charge in [0, 0.05) is 0 Å². The second kappa shape index (κ2) is 6.70. The molecule has 1 fully saturated rings. The Kier molecular flexibility index (Phi) is 5.18. The van der Waals surface area contributed by atoms with Gasteiger partial charge in [0.15, 0.2) is 11.0 Å². The maximum atomic E-state index is 12.6. The van der Waals surface area contributed by atoms with Crippen LogP contribution in [-0.2, 0) is 4.79 Å². The van der Waals surface area contributed by atoms with Crippen molar-refractivity contribution in [2.75, 3.05) is 18.4 Å². The zero-order valence-corrected chi connectivity index (χ0v) is 12.9. The average molecular weight is 317 g/mol. The van der Waals surface area contributed by atoms with Gasteiger partial charge in [-0.3, -0.25) is 4.79 Å². The van der Waals surface area contributed by atoms with E-state index in [0.29, 0.717) is 0 Å². The molecule has 5 nitrogen and oxygen atoms in total. The summed E-state index contributed by atoms with van der Waals surface area (Å²) >= 11 is 11.8. The maximum absolute atomic E-state index is 12.6. The molecule has 0 aromatic carbocycles. The average Bonchev–Trinajstić information content (AvgIpc) is 2.45. The lowest BCUT2D eigenvalue weighted by Crippen LogP contribution is -2.45. The number of amides is 1. The summed E-state index contributed by atoms with van der Waals surface area (Å²) in [5.74, 6) is 0.253. The van der Waals surface area contributed by atoms with Crippen LogP contribution in [0.2, 0.25) is 10.2 Å². The molecule has 0 saturated carbocycles. The van der Waals surface area contributed by atoms with Gasteiger partial charge in [0.25, 0.3) is 0 Å². The highest BCUT2D eigenvalue weighted by Crippen LogP contribution is 2.36. The highest BCUT2D eigenvalue weighted by molar-refractivity contribution is 6.42. The number of aromatic nitrogens is 2. The Hall–Kier alpha value is -0.910. The van der Waals surface area contributed by atoms with Crippen molar-refractivity contribution in [3.05, 3.63) is 16.5 Å². The summed E-state index contributed by atoms with van der Waals surface area (Å²) < 4.78 is 0. The number of hydrogen-bond donors (Lipinski definition) is 2. The molecule has 20 heavy (non-hydrogen) atoms. The first kappa shape index (κ1) is 15.5. The highest BCUT2D eigenvalue weighted by atomic mass is 35.5. The predicted molar refractivity (Wildman–Crippen MR) is 80.1 cm³/mol. The number of hydrogen-bond acceptors (Lipinski definition) is 4. The van der Waals surface area contributed by atoms with Crippen molar-refractivity contribution in [1.82, 2.24) is 15.3 Å². The summed E-state index contributed by atoms with van der Waals surface area (Å²) in [5, 5.41) is 6.43. The van der Waals surface area contributed by atoms with E-state index >= 15 is 0 Å². The second-order valence-corrected chi connectivity index (χ2v) is 5.80. The van der Waals surface area contributed by atoms with Gasteiger partial charge in [0.05, 0.1) is 5.41 Å². The van der Waals surface area contributed by atoms with E-state index in [4.69, 9.17) is 23.2 Å². The van der Waals surface area contributed by atoms with Gasteiger partial charge in [0.2, 0.25) is 5.91 Å². The lowest BCUT2D eigenvalue weighted by molar-refractivity contribution is -0.127. The van der Waals surface area contributed by atoms with Crippen molar-refractivity contribution in [3.63, 3.8) is 0 Å². The quantitative estimate of drug-likeness (QED) is 0.838. The summed E-state index contributed by atoms with van der Waals surface area (Å²) in [6, 6.07) is 0. The van der Waals surface area contributed by atoms with Gasteiger partial charge in [-0.05, 0) is 32.4 Å². The Morgan fingerprint density at radius 1 is 1.40 bits per heavy atom. The Bertz CT molecular complexity index is 484. The molecule has 0 atom stereocenters. The SMILES string of the molecule is CCCC1(C(=O)Nc2ncnc(Cl)c2Cl)CCNCC1. The standard InChI is InChI=1S/C13H18Cl2N4O/c1-2-3-13(4-6-16-7-5-13)12(20)19-11-9(14)10(15)17-8-18-11/h8,16H,2-7H2,1H3,(H,17,18,19,20). The largest absolute Gasteiger partial charge is 0.317 e. The van der Waals surface area contributed by atoms with Gasteiger partial charge in [-0.15, -0.1) is 0 Å². The Morgan fingerprint density at radius 2 is 2.10 bits per heavy atom. The topological polar surface area (TPSA) is 66.9 Å². The van der Waals surface area contributed by atoms with Crippen LogP contribution in [0.15, 0.2) is 6.33 Å². The molecule has 1 aromatic heterocycles. The monoisotopic (exact) mass is 316 g/mol. The molecule has 1 amide bonds. The molecule has 0 spiro atoms. The molecule has 7 heteroatoms. The number of nitrogens with one attached hydrogen (secondary N) is 2. The number of carbonyl (C=O) groups excluding carboxylic acids is 1. The van der Waals surface area contributed by atoms with Gasteiger partial charge in [-0.25, -0.2) is 9.97 Å². The summed E-state index contributed by atoms with van der Waals surface area (Å²) in [6.07, 6.45) is 4.76. The Balaban J connectivity index is 2.18. The van der Waals surface area contributed by atoms with Crippen LogP contribution in [0.3, 0.4) is 0 Å². The van der Waals surface area contributed by atoms with Crippen molar-refractivity contribution in [2.45, 2.75) is 32.6 Å². The number of nitrogens with zero attached hydrogens (tertiary/aromatic N) is 2. The van der Waals surface area contributed by atoms with E-state index in [-0.39, 0.29) is 27.3 Å². The molecule has 0 radical (unpaired) electrons. The molecule has 1 aliphatic rings. The van der Waals surface area contributed by atoms with E-state index in [1.54, 1.807) is 0 Å². The summed E-state index contributed by atoms with van der Waals surface area (Å²) in [5.41, 5.74) is -0.346. The van der Waals surface area contributed by atoms with E-state index < -0.39 is 0 Å². The van der Waals surface area contributed by atoms with Crippen molar-refractivity contribution < 1.29 is 4.79 Å². The molecular weight excluding hydrogens is 299 g/mol.